The van der Waals surface area contributed by atoms with Gasteiger partial charge in [-0.15, -0.1) is 0 Å². The third-order valence-corrected chi connectivity index (χ3v) is 3.01. The molecule has 0 bridgehead atoms. The van der Waals surface area contributed by atoms with Crippen LogP contribution in [0, 0.1) is 5.82 Å². The van der Waals surface area contributed by atoms with E-state index >= 15 is 0 Å². The van der Waals surface area contributed by atoms with Gasteiger partial charge in [-0.3, -0.25) is 9.69 Å². The van der Waals surface area contributed by atoms with Gasteiger partial charge in [0.15, 0.2) is 5.78 Å². The van der Waals surface area contributed by atoms with Gasteiger partial charge in [0.1, 0.15) is 11.4 Å². The molecule has 1 saturated heterocycles. The molecule has 0 aliphatic carbocycles. The molecule has 2 rings (SSSR count). The number of hydrogen-bond acceptors (Lipinski definition) is 3. The van der Waals surface area contributed by atoms with E-state index in [1.807, 2.05) is 0 Å². The van der Waals surface area contributed by atoms with E-state index in [1.54, 1.807) is 32.9 Å². The molecule has 1 unspecified atom stereocenters. The van der Waals surface area contributed by atoms with Crippen molar-refractivity contribution in [1.29, 1.82) is 0 Å². The summed E-state index contributed by atoms with van der Waals surface area (Å²) in [5.74, 6) is -0.434. The molecule has 1 amide bonds. The van der Waals surface area contributed by atoms with Gasteiger partial charge in [0.05, 0.1) is 12.6 Å². The number of hydrogen-bond donors (Lipinski definition) is 0. The summed E-state index contributed by atoms with van der Waals surface area (Å²) in [6.45, 7) is 5.30. The highest BCUT2D eigenvalue weighted by Gasteiger charge is 2.37. The number of carbonyl (C=O) groups is 2. The lowest BCUT2D eigenvalue weighted by molar-refractivity contribution is -0.117. The van der Waals surface area contributed by atoms with Gasteiger partial charge in [0.25, 0.3) is 0 Å². The lowest BCUT2D eigenvalue weighted by Gasteiger charge is -2.28. The highest BCUT2D eigenvalue weighted by Crippen LogP contribution is 2.31. The van der Waals surface area contributed by atoms with E-state index in [-0.39, 0.29) is 24.6 Å². The molecule has 20 heavy (non-hydrogen) atoms. The summed E-state index contributed by atoms with van der Waals surface area (Å²) < 4.78 is 18.6. The maximum absolute atomic E-state index is 13.3. The van der Waals surface area contributed by atoms with Gasteiger partial charge in [0, 0.05) is 6.42 Å². The van der Waals surface area contributed by atoms with E-state index in [9.17, 15) is 14.0 Å². The molecule has 1 atom stereocenters. The third kappa shape index (κ3) is 3.35. The van der Waals surface area contributed by atoms with Crippen molar-refractivity contribution >= 4 is 11.9 Å². The largest absolute Gasteiger partial charge is 0.444 e. The average Bonchev–Trinajstić information content (AvgIpc) is 2.69. The van der Waals surface area contributed by atoms with E-state index in [0.717, 1.165) is 0 Å². The molecule has 0 N–H and O–H groups in total. The van der Waals surface area contributed by atoms with Crippen LogP contribution in [0.4, 0.5) is 9.18 Å². The Morgan fingerprint density at radius 3 is 2.70 bits per heavy atom. The van der Waals surface area contributed by atoms with Crippen molar-refractivity contribution in [3.05, 3.63) is 35.6 Å². The van der Waals surface area contributed by atoms with E-state index in [0.29, 0.717) is 5.56 Å². The van der Waals surface area contributed by atoms with Gasteiger partial charge in [-0.1, -0.05) is 12.1 Å². The zero-order valence-corrected chi connectivity index (χ0v) is 11.9. The van der Waals surface area contributed by atoms with Crippen molar-refractivity contribution in [2.75, 3.05) is 6.54 Å². The molecular weight excluding hydrogens is 261 g/mol. The predicted octanol–water partition coefficient (Wildman–Crippen LogP) is 3.08. The van der Waals surface area contributed by atoms with E-state index in [4.69, 9.17) is 4.74 Å². The van der Waals surface area contributed by atoms with Gasteiger partial charge in [0.2, 0.25) is 0 Å². The fraction of sp³-hybridized carbons (Fsp3) is 0.467. The zero-order valence-electron chi connectivity index (χ0n) is 11.9. The number of benzene rings is 1. The van der Waals surface area contributed by atoms with Crippen molar-refractivity contribution in [2.24, 2.45) is 0 Å². The lowest BCUT2D eigenvalue weighted by atomic mass is 10.0. The van der Waals surface area contributed by atoms with Gasteiger partial charge in [-0.05, 0) is 38.5 Å². The van der Waals surface area contributed by atoms with E-state index < -0.39 is 17.7 Å². The predicted molar refractivity (Wildman–Crippen MR) is 71.7 cm³/mol. The average molecular weight is 279 g/mol. The van der Waals surface area contributed by atoms with Crippen molar-refractivity contribution in [1.82, 2.24) is 4.90 Å². The Labute approximate surface area is 117 Å². The number of carbonyl (C=O) groups excluding carboxylic acids is 2. The molecule has 5 heteroatoms. The molecule has 1 aromatic rings. The second kappa shape index (κ2) is 5.23. The van der Waals surface area contributed by atoms with Crippen LogP contribution in [0.5, 0.6) is 0 Å². The summed E-state index contributed by atoms with van der Waals surface area (Å²) in [7, 11) is 0. The summed E-state index contributed by atoms with van der Waals surface area (Å²) in [5, 5.41) is 0. The van der Waals surface area contributed by atoms with E-state index in [2.05, 4.69) is 0 Å². The summed E-state index contributed by atoms with van der Waals surface area (Å²) in [5.41, 5.74) is -0.0171. The van der Waals surface area contributed by atoms with Crippen molar-refractivity contribution in [2.45, 2.75) is 38.8 Å². The quantitative estimate of drug-likeness (QED) is 0.793. The number of nitrogens with zero attached hydrogens (tertiary/aromatic N) is 1. The number of rotatable bonds is 1. The summed E-state index contributed by atoms with van der Waals surface area (Å²) >= 11 is 0. The summed E-state index contributed by atoms with van der Waals surface area (Å²) in [4.78, 5) is 25.1. The Balaban J connectivity index is 2.23. The molecule has 0 aromatic heterocycles. The molecule has 4 nitrogen and oxygen atoms in total. The Kier molecular flexibility index (Phi) is 3.79. The van der Waals surface area contributed by atoms with Crippen LogP contribution in [0.3, 0.4) is 0 Å². The first-order chi connectivity index (χ1) is 9.26. The first kappa shape index (κ1) is 14.5. The van der Waals surface area contributed by atoms with Gasteiger partial charge in [-0.2, -0.15) is 0 Å². The number of ketones is 1. The van der Waals surface area contributed by atoms with Crippen LogP contribution in [0.1, 0.15) is 38.8 Å². The molecule has 0 radical (unpaired) electrons. The van der Waals surface area contributed by atoms with Crippen LogP contribution < -0.4 is 0 Å². The topological polar surface area (TPSA) is 46.6 Å². The molecule has 1 aliphatic rings. The fourth-order valence-corrected chi connectivity index (χ4v) is 2.21. The lowest BCUT2D eigenvalue weighted by Crippen LogP contribution is -2.36. The standard InChI is InChI=1S/C15H18FNO3/c1-15(2,3)20-14(19)17-9-12(18)8-13(17)10-5-4-6-11(16)7-10/h4-7,13H,8-9H2,1-3H3. The maximum atomic E-state index is 13.3. The van der Waals surface area contributed by atoms with E-state index in [1.165, 1.54) is 17.0 Å². The zero-order chi connectivity index (χ0) is 14.9. The fourth-order valence-electron chi connectivity index (χ4n) is 2.21. The second-order valence-corrected chi connectivity index (χ2v) is 5.92. The minimum Gasteiger partial charge on any atom is -0.444 e. The van der Waals surface area contributed by atoms with Crippen molar-refractivity contribution in [3.8, 4) is 0 Å². The van der Waals surface area contributed by atoms with Crippen LogP contribution >= 0.6 is 0 Å². The van der Waals surface area contributed by atoms with Crippen molar-refractivity contribution in [3.63, 3.8) is 0 Å². The number of amides is 1. The minimum atomic E-state index is -0.630. The van der Waals surface area contributed by atoms with Crippen molar-refractivity contribution < 1.29 is 18.7 Å². The normalized spacial score (nSPS) is 19.3. The maximum Gasteiger partial charge on any atom is 0.411 e. The van der Waals surface area contributed by atoms with Crippen LogP contribution in [-0.2, 0) is 9.53 Å². The third-order valence-electron chi connectivity index (χ3n) is 3.01. The highest BCUT2D eigenvalue weighted by molar-refractivity contribution is 5.88. The van der Waals surface area contributed by atoms with Gasteiger partial charge >= 0.3 is 6.09 Å². The molecule has 108 valence electrons. The van der Waals surface area contributed by atoms with Crippen LogP contribution in [0.15, 0.2) is 24.3 Å². The number of ether oxygens (including phenoxy) is 1. The molecule has 1 heterocycles. The Morgan fingerprint density at radius 2 is 2.10 bits per heavy atom. The smallest absolute Gasteiger partial charge is 0.411 e. The number of Topliss-reactive ketones (excluding diaryl/α,β-unsaturated/α-hetero) is 1. The SMILES string of the molecule is CC(C)(C)OC(=O)N1CC(=O)CC1c1cccc(F)c1. The minimum absolute atomic E-state index is 0.0100. The number of halogens is 1. The molecule has 1 fully saturated rings. The molecule has 1 aliphatic heterocycles. The highest BCUT2D eigenvalue weighted by atomic mass is 19.1. The summed E-state index contributed by atoms with van der Waals surface area (Å²) in [6.07, 6.45) is -0.347. The van der Waals surface area contributed by atoms with Crippen LogP contribution in [-0.4, -0.2) is 28.9 Å². The molecular formula is C15H18FNO3. The monoisotopic (exact) mass is 279 g/mol. The molecule has 0 spiro atoms. The molecule has 0 saturated carbocycles. The Hall–Kier alpha value is -1.91. The molecule has 1 aromatic carbocycles. The van der Waals surface area contributed by atoms with Crippen LogP contribution in [0.25, 0.3) is 0 Å². The van der Waals surface area contributed by atoms with Gasteiger partial charge < -0.3 is 4.74 Å². The second-order valence-electron chi connectivity index (χ2n) is 5.92. The van der Waals surface area contributed by atoms with Crippen LogP contribution in [0.2, 0.25) is 0 Å². The Morgan fingerprint density at radius 1 is 1.40 bits per heavy atom. The first-order valence-electron chi connectivity index (χ1n) is 6.53. The first-order valence-corrected chi connectivity index (χ1v) is 6.53. The van der Waals surface area contributed by atoms with Gasteiger partial charge in [-0.25, -0.2) is 9.18 Å². The number of likely N-dealkylation sites (tertiary alicyclic amines) is 1. The Bertz CT molecular complexity index is 536. The summed E-state index contributed by atoms with van der Waals surface area (Å²) in [6, 6.07) is 5.51.